The lowest BCUT2D eigenvalue weighted by atomic mass is 9.92. The second kappa shape index (κ2) is 11.9. The smallest absolute Gasteiger partial charge is 0.0702 e. The maximum Gasteiger partial charge on any atom is 0.0702 e. The van der Waals surface area contributed by atoms with Crippen molar-refractivity contribution in [1.82, 2.24) is 14.9 Å². The predicted octanol–water partition coefficient (Wildman–Crippen LogP) is 9.73. The fraction of sp³-hybridized carbons (Fsp3) is 0.0233. The molecule has 0 aliphatic heterocycles. The molecule has 0 saturated heterocycles. The SMILES string of the molecule is C=C1C=CC(c2ccc3c4ccccc4n(-c4ccc(-c5ccc[nH]5)cc4)c3c2)=CC1N/C(=C(\N)c1ccccc1)c1ccccc1. The number of H-pyrrole nitrogens is 1. The third-order valence-corrected chi connectivity index (χ3v) is 8.98. The van der Waals surface area contributed by atoms with E-state index in [4.69, 9.17) is 5.73 Å². The van der Waals surface area contributed by atoms with Crippen LogP contribution in [-0.4, -0.2) is 15.6 Å². The van der Waals surface area contributed by atoms with Gasteiger partial charge in [0.25, 0.3) is 0 Å². The van der Waals surface area contributed by atoms with Crippen molar-refractivity contribution in [3.63, 3.8) is 0 Å². The summed E-state index contributed by atoms with van der Waals surface area (Å²) in [5.74, 6) is 0. The van der Waals surface area contributed by atoms with Gasteiger partial charge in [-0.05, 0) is 69.8 Å². The van der Waals surface area contributed by atoms with Gasteiger partial charge < -0.3 is 20.6 Å². The van der Waals surface area contributed by atoms with Crippen molar-refractivity contribution in [2.75, 3.05) is 0 Å². The van der Waals surface area contributed by atoms with Crippen LogP contribution in [0.5, 0.6) is 0 Å². The Morgan fingerprint density at radius 1 is 0.660 bits per heavy atom. The summed E-state index contributed by atoms with van der Waals surface area (Å²) in [5, 5.41) is 6.21. The Labute approximate surface area is 274 Å². The minimum absolute atomic E-state index is 0.144. The van der Waals surface area contributed by atoms with E-state index < -0.39 is 0 Å². The molecule has 1 unspecified atom stereocenters. The van der Waals surface area contributed by atoms with Gasteiger partial charge in [-0.15, -0.1) is 0 Å². The second-order valence-corrected chi connectivity index (χ2v) is 11.9. The molecule has 2 aromatic heterocycles. The Morgan fingerprint density at radius 2 is 1.34 bits per heavy atom. The summed E-state index contributed by atoms with van der Waals surface area (Å²) in [6.45, 7) is 4.40. The summed E-state index contributed by atoms with van der Waals surface area (Å²) in [5.41, 5.74) is 19.4. The van der Waals surface area contributed by atoms with Gasteiger partial charge in [-0.1, -0.05) is 128 Å². The molecule has 2 heterocycles. The van der Waals surface area contributed by atoms with Crippen molar-refractivity contribution in [2.45, 2.75) is 6.04 Å². The van der Waals surface area contributed by atoms with Crippen LogP contribution in [0.4, 0.5) is 0 Å². The maximum atomic E-state index is 6.83. The first-order chi connectivity index (χ1) is 23.1. The fourth-order valence-electron chi connectivity index (χ4n) is 6.54. The van der Waals surface area contributed by atoms with E-state index >= 15 is 0 Å². The third kappa shape index (κ3) is 5.26. The van der Waals surface area contributed by atoms with E-state index in [1.54, 1.807) is 0 Å². The Hall–Kier alpha value is -6.26. The molecule has 8 rings (SSSR count). The van der Waals surface area contributed by atoms with Crippen LogP contribution in [0.15, 0.2) is 176 Å². The molecule has 1 aliphatic rings. The number of hydrogen-bond donors (Lipinski definition) is 3. The average Bonchev–Trinajstić information content (AvgIpc) is 3.79. The molecule has 226 valence electrons. The summed E-state index contributed by atoms with van der Waals surface area (Å²) in [7, 11) is 0. The number of benzene rings is 5. The number of fused-ring (bicyclic) bond motifs is 3. The van der Waals surface area contributed by atoms with E-state index in [0.717, 1.165) is 56.0 Å². The normalized spacial score (nSPS) is 15.1. The van der Waals surface area contributed by atoms with Gasteiger partial charge in [0.05, 0.1) is 28.5 Å². The molecule has 0 saturated carbocycles. The van der Waals surface area contributed by atoms with Crippen LogP contribution in [-0.2, 0) is 0 Å². The first-order valence-corrected chi connectivity index (χ1v) is 15.9. The van der Waals surface area contributed by atoms with E-state index in [0.29, 0.717) is 5.70 Å². The van der Waals surface area contributed by atoms with Gasteiger partial charge in [0.2, 0.25) is 0 Å². The first-order valence-electron chi connectivity index (χ1n) is 15.9. The molecule has 0 fully saturated rings. The van der Waals surface area contributed by atoms with Crippen LogP contribution < -0.4 is 11.1 Å². The molecule has 4 nitrogen and oxygen atoms in total. The molecule has 0 amide bonds. The predicted molar refractivity (Wildman–Crippen MR) is 198 cm³/mol. The van der Waals surface area contributed by atoms with E-state index in [2.05, 4.69) is 125 Å². The summed E-state index contributed by atoms with van der Waals surface area (Å²) in [6, 6.07) is 48.5. The highest BCUT2D eigenvalue weighted by Gasteiger charge is 2.20. The van der Waals surface area contributed by atoms with Gasteiger partial charge >= 0.3 is 0 Å². The maximum absolute atomic E-state index is 6.83. The number of para-hydroxylation sites is 1. The molecule has 1 atom stereocenters. The molecule has 7 aromatic rings. The zero-order valence-corrected chi connectivity index (χ0v) is 25.9. The number of hydrogen-bond acceptors (Lipinski definition) is 2. The van der Waals surface area contributed by atoms with Crippen molar-refractivity contribution >= 4 is 38.8 Å². The minimum Gasteiger partial charge on any atom is -0.397 e. The standard InChI is InChI=1S/C43H34N4/c1-29-18-19-33(27-39(29)46-43(32-13-6-3-7-14-32)42(44)31-11-4-2-5-12-31)34-22-25-37-36-15-8-9-17-40(36)47(41(37)28-34)35-23-20-30(21-24-35)38-16-10-26-45-38/h2-28,39,45-46H,1,44H2/b43-42-. The van der Waals surface area contributed by atoms with Gasteiger partial charge in [0.15, 0.2) is 0 Å². The largest absolute Gasteiger partial charge is 0.397 e. The Kier molecular flexibility index (Phi) is 7.16. The van der Waals surface area contributed by atoms with Crippen LogP contribution in [0.3, 0.4) is 0 Å². The zero-order chi connectivity index (χ0) is 31.7. The highest BCUT2D eigenvalue weighted by atomic mass is 15.0. The van der Waals surface area contributed by atoms with Crippen molar-refractivity contribution in [1.29, 1.82) is 0 Å². The summed E-state index contributed by atoms with van der Waals surface area (Å²) >= 11 is 0. The lowest BCUT2D eigenvalue weighted by Gasteiger charge is -2.25. The van der Waals surface area contributed by atoms with E-state index in [1.807, 2.05) is 60.8 Å². The third-order valence-electron chi connectivity index (χ3n) is 8.98. The van der Waals surface area contributed by atoms with Gasteiger partial charge in [-0.3, -0.25) is 0 Å². The zero-order valence-electron chi connectivity index (χ0n) is 25.9. The number of aromatic nitrogens is 2. The molecular formula is C43H34N4. The number of rotatable bonds is 7. The second-order valence-electron chi connectivity index (χ2n) is 11.9. The Bertz CT molecular complexity index is 2320. The van der Waals surface area contributed by atoms with Gasteiger partial charge in [0.1, 0.15) is 0 Å². The molecule has 4 heteroatoms. The van der Waals surface area contributed by atoms with Gasteiger partial charge in [-0.25, -0.2) is 0 Å². The van der Waals surface area contributed by atoms with E-state index in [-0.39, 0.29) is 6.04 Å². The van der Waals surface area contributed by atoms with Crippen molar-refractivity contribution in [3.8, 4) is 16.9 Å². The summed E-state index contributed by atoms with van der Waals surface area (Å²) < 4.78 is 2.37. The van der Waals surface area contributed by atoms with Crippen molar-refractivity contribution < 1.29 is 0 Å². The van der Waals surface area contributed by atoms with E-state index in [1.165, 1.54) is 16.3 Å². The number of nitrogens with two attached hydrogens (primary N) is 1. The van der Waals surface area contributed by atoms with Crippen molar-refractivity contribution in [2.24, 2.45) is 5.73 Å². The molecule has 0 spiro atoms. The molecule has 0 bridgehead atoms. The van der Waals surface area contributed by atoms with Crippen LogP contribution >= 0.6 is 0 Å². The van der Waals surface area contributed by atoms with E-state index in [9.17, 15) is 0 Å². The molecule has 0 radical (unpaired) electrons. The summed E-state index contributed by atoms with van der Waals surface area (Å²) in [6.07, 6.45) is 8.47. The highest BCUT2D eigenvalue weighted by molar-refractivity contribution is 6.10. The molecule has 47 heavy (non-hydrogen) atoms. The fourth-order valence-corrected chi connectivity index (χ4v) is 6.54. The lowest BCUT2D eigenvalue weighted by Crippen LogP contribution is -2.30. The minimum atomic E-state index is -0.144. The highest BCUT2D eigenvalue weighted by Crippen LogP contribution is 2.36. The number of nitrogens with one attached hydrogen (secondary N) is 2. The molecule has 1 aliphatic carbocycles. The Balaban J connectivity index is 1.21. The van der Waals surface area contributed by atoms with Crippen LogP contribution in [0.25, 0.3) is 55.7 Å². The number of aromatic amines is 1. The number of allylic oxidation sites excluding steroid dienone is 2. The number of nitrogens with zero attached hydrogens (tertiary/aromatic N) is 1. The van der Waals surface area contributed by atoms with Crippen molar-refractivity contribution in [3.05, 3.63) is 193 Å². The van der Waals surface area contributed by atoms with Gasteiger partial charge in [0, 0.05) is 28.4 Å². The van der Waals surface area contributed by atoms with Crippen LogP contribution in [0.2, 0.25) is 0 Å². The Morgan fingerprint density at radius 3 is 2.09 bits per heavy atom. The molecular weight excluding hydrogens is 573 g/mol. The quantitative estimate of drug-likeness (QED) is 0.158. The molecule has 4 N–H and O–H groups in total. The van der Waals surface area contributed by atoms with Crippen LogP contribution in [0, 0.1) is 0 Å². The monoisotopic (exact) mass is 606 g/mol. The van der Waals surface area contributed by atoms with Gasteiger partial charge in [-0.2, -0.15) is 0 Å². The summed E-state index contributed by atoms with van der Waals surface area (Å²) in [4.78, 5) is 3.31. The average molecular weight is 607 g/mol. The first kappa shape index (κ1) is 28.2. The lowest BCUT2D eigenvalue weighted by molar-refractivity contribution is 0.828. The topological polar surface area (TPSA) is 58.8 Å². The molecule has 5 aromatic carbocycles. The van der Waals surface area contributed by atoms with Crippen LogP contribution in [0.1, 0.15) is 16.7 Å².